The van der Waals surface area contributed by atoms with E-state index in [0.717, 1.165) is 34.5 Å². The Morgan fingerprint density at radius 1 is 1.13 bits per heavy atom. The molecule has 160 valence electrons. The first-order chi connectivity index (χ1) is 14.4. The molecule has 0 radical (unpaired) electrons. The van der Waals surface area contributed by atoms with E-state index in [1.165, 1.54) is 16.9 Å². The normalized spacial score (nSPS) is 12.5. The molecule has 0 aliphatic heterocycles. The van der Waals surface area contributed by atoms with Crippen LogP contribution < -0.4 is 4.80 Å². The Kier molecular flexibility index (Phi) is 7.91. The van der Waals surface area contributed by atoms with E-state index >= 15 is 0 Å². The van der Waals surface area contributed by atoms with Gasteiger partial charge in [-0.05, 0) is 35.9 Å². The molecule has 2 aromatic carbocycles. The summed E-state index contributed by atoms with van der Waals surface area (Å²) in [4.78, 5) is 17.4. The van der Waals surface area contributed by atoms with Crippen molar-refractivity contribution < 1.29 is 13.2 Å². The molecule has 0 saturated heterocycles. The summed E-state index contributed by atoms with van der Waals surface area (Å²) < 4.78 is 27.9. The molecule has 0 saturated carbocycles. The van der Waals surface area contributed by atoms with E-state index in [1.54, 1.807) is 23.9 Å². The maximum absolute atomic E-state index is 12.5. The van der Waals surface area contributed by atoms with E-state index in [2.05, 4.69) is 34.7 Å². The van der Waals surface area contributed by atoms with E-state index in [-0.39, 0.29) is 17.9 Å². The molecule has 1 aromatic heterocycles. The van der Waals surface area contributed by atoms with Crippen molar-refractivity contribution in [3.05, 3.63) is 64.5 Å². The molecule has 1 heterocycles. The highest BCUT2D eigenvalue weighted by Crippen LogP contribution is 2.20. The standard InChI is InChI=1S/C22H26N2O3S3/c1-3-17-9-10-19-20(15-17)29-22(24(19)12-13-28-2)23-21(25)11-14-30(26,27)16-18-7-5-4-6-8-18/h4-10,15H,3,11-14,16H2,1-2H3. The number of fused-ring (bicyclic) bond motifs is 1. The van der Waals surface area contributed by atoms with Crippen molar-refractivity contribution in [2.75, 3.05) is 17.8 Å². The van der Waals surface area contributed by atoms with Crippen molar-refractivity contribution in [1.29, 1.82) is 0 Å². The lowest BCUT2D eigenvalue weighted by Crippen LogP contribution is -2.19. The van der Waals surface area contributed by atoms with E-state index in [1.807, 2.05) is 24.5 Å². The highest BCUT2D eigenvalue weighted by molar-refractivity contribution is 7.98. The zero-order valence-electron chi connectivity index (χ0n) is 17.2. The molecule has 1 amide bonds. The van der Waals surface area contributed by atoms with Crippen molar-refractivity contribution in [2.45, 2.75) is 32.1 Å². The molecule has 0 spiro atoms. The number of thioether (sulfide) groups is 1. The molecule has 0 bridgehead atoms. The third kappa shape index (κ3) is 6.06. The van der Waals surface area contributed by atoms with E-state index in [9.17, 15) is 13.2 Å². The fourth-order valence-corrected chi connectivity index (χ4v) is 5.96. The monoisotopic (exact) mass is 462 g/mol. The number of hydrogen-bond donors (Lipinski definition) is 0. The molecule has 0 aliphatic rings. The van der Waals surface area contributed by atoms with Crippen molar-refractivity contribution >= 4 is 49.1 Å². The van der Waals surface area contributed by atoms with Gasteiger partial charge in [-0.1, -0.05) is 54.7 Å². The van der Waals surface area contributed by atoms with Crippen LogP contribution in [0.15, 0.2) is 53.5 Å². The predicted octanol–water partition coefficient (Wildman–Crippen LogP) is 4.06. The molecule has 0 atom stereocenters. The van der Waals surface area contributed by atoms with E-state index in [0.29, 0.717) is 4.80 Å². The molecule has 0 fully saturated rings. The van der Waals surface area contributed by atoms with Gasteiger partial charge in [0, 0.05) is 18.7 Å². The van der Waals surface area contributed by atoms with Gasteiger partial charge in [0.15, 0.2) is 14.6 Å². The molecule has 0 aliphatic carbocycles. The molecular weight excluding hydrogens is 436 g/mol. The maximum Gasteiger partial charge on any atom is 0.249 e. The number of aromatic nitrogens is 1. The molecule has 3 aromatic rings. The number of hydrogen-bond acceptors (Lipinski definition) is 5. The zero-order valence-corrected chi connectivity index (χ0v) is 19.7. The van der Waals surface area contributed by atoms with Crippen LogP contribution in [-0.2, 0) is 33.4 Å². The van der Waals surface area contributed by atoms with Crippen LogP contribution in [0.3, 0.4) is 0 Å². The SMILES string of the molecule is CCc1ccc2c(c1)sc(=NC(=O)CCS(=O)(=O)Cc1ccccc1)n2CCSC. The summed E-state index contributed by atoms with van der Waals surface area (Å²) in [6.45, 7) is 2.87. The largest absolute Gasteiger partial charge is 0.316 e. The van der Waals surface area contributed by atoms with Gasteiger partial charge >= 0.3 is 0 Å². The van der Waals surface area contributed by atoms with Crippen LogP contribution in [0.25, 0.3) is 10.2 Å². The molecular formula is C22H26N2O3S3. The number of sulfone groups is 1. The Bertz CT molecular complexity index is 1180. The number of thiazole rings is 1. The third-order valence-corrected chi connectivity index (χ3v) is 7.98. The van der Waals surface area contributed by atoms with Crippen LogP contribution in [-0.4, -0.2) is 36.7 Å². The lowest BCUT2D eigenvalue weighted by molar-refractivity contribution is -0.117. The number of nitrogens with zero attached hydrogens (tertiary/aromatic N) is 2. The van der Waals surface area contributed by atoms with Gasteiger partial charge in [0.2, 0.25) is 5.91 Å². The van der Waals surface area contributed by atoms with Gasteiger partial charge in [0.05, 0.1) is 21.7 Å². The van der Waals surface area contributed by atoms with E-state index < -0.39 is 15.7 Å². The molecule has 3 rings (SSSR count). The minimum Gasteiger partial charge on any atom is -0.316 e. The first kappa shape index (κ1) is 22.8. The summed E-state index contributed by atoms with van der Waals surface area (Å²) in [6.07, 6.45) is 2.89. The number of amides is 1. The highest BCUT2D eigenvalue weighted by atomic mass is 32.2. The van der Waals surface area contributed by atoms with Gasteiger partial charge in [-0.25, -0.2) is 8.42 Å². The lowest BCUT2D eigenvalue weighted by Gasteiger charge is -2.05. The Hall–Kier alpha value is -1.90. The van der Waals surface area contributed by atoms with Crippen molar-refractivity contribution in [3.63, 3.8) is 0 Å². The topological polar surface area (TPSA) is 68.5 Å². The van der Waals surface area contributed by atoms with Crippen LogP contribution >= 0.6 is 23.1 Å². The fourth-order valence-electron chi connectivity index (χ4n) is 3.13. The van der Waals surface area contributed by atoms with Crippen molar-refractivity contribution in [3.8, 4) is 0 Å². The number of aryl methyl sites for hydroxylation is 2. The second kappa shape index (κ2) is 10.4. The summed E-state index contributed by atoms with van der Waals surface area (Å²) in [7, 11) is -3.37. The predicted molar refractivity (Wildman–Crippen MR) is 127 cm³/mol. The second-order valence-electron chi connectivity index (χ2n) is 7.02. The molecule has 0 unspecified atom stereocenters. The van der Waals surface area contributed by atoms with Gasteiger partial charge in [0.1, 0.15) is 0 Å². The maximum atomic E-state index is 12.5. The molecule has 30 heavy (non-hydrogen) atoms. The van der Waals surface area contributed by atoms with Gasteiger partial charge in [-0.15, -0.1) is 0 Å². The second-order valence-corrected chi connectivity index (χ2v) is 11.2. The Balaban J connectivity index is 1.80. The van der Waals surface area contributed by atoms with Crippen LogP contribution in [0, 0.1) is 0 Å². The van der Waals surface area contributed by atoms with Gasteiger partial charge in [0.25, 0.3) is 0 Å². The Labute approximate surface area is 185 Å². The minimum atomic E-state index is -3.37. The summed E-state index contributed by atoms with van der Waals surface area (Å²) in [5.74, 6) is 0.262. The highest BCUT2D eigenvalue weighted by Gasteiger charge is 2.15. The van der Waals surface area contributed by atoms with Crippen LogP contribution in [0.4, 0.5) is 0 Å². The van der Waals surface area contributed by atoms with Gasteiger partial charge in [-0.3, -0.25) is 4.79 Å². The van der Waals surface area contributed by atoms with Crippen LogP contribution in [0.2, 0.25) is 0 Å². The van der Waals surface area contributed by atoms with Crippen LogP contribution in [0.5, 0.6) is 0 Å². The first-order valence-electron chi connectivity index (χ1n) is 9.85. The summed E-state index contributed by atoms with van der Waals surface area (Å²) in [6, 6.07) is 15.3. The minimum absolute atomic E-state index is 0.0580. The summed E-state index contributed by atoms with van der Waals surface area (Å²) in [5.41, 5.74) is 3.04. The third-order valence-electron chi connectivity index (χ3n) is 4.75. The lowest BCUT2D eigenvalue weighted by atomic mass is 10.2. The quantitative estimate of drug-likeness (QED) is 0.481. The van der Waals surface area contributed by atoms with Gasteiger partial charge in [-0.2, -0.15) is 16.8 Å². The molecule has 5 nitrogen and oxygen atoms in total. The molecule has 0 N–H and O–H groups in total. The number of carbonyl (C=O) groups excluding carboxylic acids is 1. The summed E-state index contributed by atoms with van der Waals surface area (Å²) in [5, 5.41) is 0. The number of benzene rings is 2. The number of rotatable bonds is 9. The number of carbonyl (C=O) groups is 1. The van der Waals surface area contributed by atoms with Crippen molar-refractivity contribution in [1.82, 2.24) is 4.57 Å². The Morgan fingerprint density at radius 3 is 2.60 bits per heavy atom. The first-order valence-corrected chi connectivity index (χ1v) is 13.9. The Morgan fingerprint density at radius 2 is 1.90 bits per heavy atom. The molecule has 8 heteroatoms. The van der Waals surface area contributed by atoms with Crippen molar-refractivity contribution in [2.24, 2.45) is 4.99 Å². The van der Waals surface area contributed by atoms with Crippen LogP contribution in [0.1, 0.15) is 24.5 Å². The smallest absolute Gasteiger partial charge is 0.249 e. The fraction of sp³-hybridized carbons (Fsp3) is 0.364. The van der Waals surface area contributed by atoms with Gasteiger partial charge < -0.3 is 4.57 Å². The zero-order chi connectivity index (χ0) is 21.6. The average Bonchev–Trinajstić information content (AvgIpc) is 3.07. The average molecular weight is 463 g/mol. The summed E-state index contributed by atoms with van der Waals surface area (Å²) >= 11 is 3.22. The van der Waals surface area contributed by atoms with E-state index in [4.69, 9.17) is 0 Å².